The van der Waals surface area contributed by atoms with E-state index in [9.17, 15) is 9.90 Å². The fourth-order valence-corrected chi connectivity index (χ4v) is 2.21. The molecule has 0 heterocycles. The van der Waals surface area contributed by atoms with Crippen molar-refractivity contribution in [1.82, 2.24) is 0 Å². The lowest BCUT2D eigenvalue weighted by atomic mass is 9.83. The van der Waals surface area contributed by atoms with Gasteiger partial charge in [0.2, 0.25) is 0 Å². The van der Waals surface area contributed by atoms with Gasteiger partial charge in [-0.1, -0.05) is 51.1 Å². The van der Waals surface area contributed by atoms with Crippen LogP contribution >= 0.6 is 0 Å². The number of hydrogen-bond acceptors (Lipinski definition) is 1. The Hall–Kier alpha value is -1.31. The topological polar surface area (TPSA) is 37.3 Å². The highest BCUT2D eigenvalue weighted by Gasteiger charge is 2.25. The van der Waals surface area contributed by atoms with Crippen LogP contribution in [0.4, 0.5) is 0 Å². The fraction of sp³-hybridized carbons (Fsp3) is 0.533. The molecular weight excluding hydrogens is 212 g/mol. The third-order valence-corrected chi connectivity index (χ3v) is 3.13. The summed E-state index contributed by atoms with van der Waals surface area (Å²) in [5, 5.41) is 9.27. The largest absolute Gasteiger partial charge is 0.481 e. The zero-order valence-electron chi connectivity index (χ0n) is 10.9. The maximum Gasteiger partial charge on any atom is 0.306 e. The molecule has 0 bridgehead atoms. The number of hydrogen-bond donors (Lipinski definition) is 1. The average Bonchev–Trinajstić information content (AvgIpc) is 2.26. The maximum atomic E-state index is 11.3. The van der Waals surface area contributed by atoms with Crippen molar-refractivity contribution in [2.75, 3.05) is 0 Å². The van der Waals surface area contributed by atoms with Crippen LogP contribution in [0.1, 0.15) is 32.8 Å². The van der Waals surface area contributed by atoms with Crippen LogP contribution in [0.3, 0.4) is 0 Å². The molecule has 0 saturated carbocycles. The molecule has 1 rings (SSSR count). The highest BCUT2D eigenvalue weighted by Crippen LogP contribution is 2.24. The van der Waals surface area contributed by atoms with Crippen LogP contribution in [0.15, 0.2) is 30.3 Å². The Balaban J connectivity index is 2.65. The van der Waals surface area contributed by atoms with Gasteiger partial charge in [0.15, 0.2) is 0 Å². The Labute approximate surface area is 104 Å². The number of carboxylic acid groups (broad SMARTS) is 1. The molecule has 1 N–H and O–H groups in total. The summed E-state index contributed by atoms with van der Waals surface area (Å²) in [6.07, 6.45) is 1.59. The molecule has 0 amide bonds. The van der Waals surface area contributed by atoms with E-state index in [0.717, 1.165) is 12.8 Å². The van der Waals surface area contributed by atoms with E-state index < -0.39 is 5.97 Å². The minimum atomic E-state index is -0.665. The van der Waals surface area contributed by atoms with Crippen molar-refractivity contribution in [3.63, 3.8) is 0 Å². The molecule has 0 aromatic heterocycles. The van der Waals surface area contributed by atoms with Crippen LogP contribution in [0.5, 0.6) is 0 Å². The van der Waals surface area contributed by atoms with Crippen LogP contribution in [0, 0.1) is 17.8 Å². The van der Waals surface area contributed by atoms with Crippen molar-refractivity contribution in [3.05, 3.63) is 35.9 Å². The summed E-state index contributed by atoms with van der Waals surface area (Å²) in [7, 11) is 0. The predicted octanol–water partition coefficient (Wildman–Crippen LogP) is 3.61. The molecule has 1 aromatic carbocycles. The third kappa shape index (κ3) is 4.59. The van der Waals surface area contributed by atoms with Crippen LogP contribution in [-0.4, -0.2) is 11.1 Å². The summed E-state index contributed by atoms with van der Waals surface area (Å²) in [6, 6.07) is 10.1. The number of rotatable bonds is 6. The summed E-state index contributed by atoms with van der Waals surface area (Å²) < 4.78 is 0. The average molecular weight is 234 g/mol. The van der Waals surface area contributed by atoms with Crippen LogP contribution in [0.2, 0.25) is 0 Å². The van der Waals surface area contributed by atoms with Gasteiger partial charge in [-0.05, 0) is 30.2 Å². The van der Waals surface area contributed by atoms with E-state index in [0.29, 0.717) is 5.92 Å². The summed E-state index contributed by atoms with van der Waals surface area (Å²) in [5.41, 5.74) is 1.22. The molecule has 0 radical (unpaired) electrons. The van der Waals surface area contributed by atoms with Gasteiger partial charge in [0.1, 0.15) is 0 Å². The third-order valence-electron chi connectivity index (χ3n) is 3.13. The van der Waals surface area contributed by atoms with Crippen molar-refractivity contribution in [3.8, 4) is 0 Å². The van der Waals surface area contributed by atoms with E-state index in [-0.39, 0.29) is 11.8 Å². The zero-order chi connectivity index (χ0) is 12.8. The number of aliphatic carboxylic acids is 1. The molecule has 94 valence electrons. The summed E-state index contributed by atoms with van der Waals surface area (Å²) in [5.74, 6) is -0.302. The van der Waals surface area contributed by atoms with Crippen LogP contribution in [0.25, 0.3) is 0 Å². The second-order valence-corrected chi connectivity index (χ2v) is 5.24. The number of benzene rings is 1. The quantitative estimate of drug-likeness (QED) is 0.816. The Morgan fingerprint density at radius 1 is 1.18 bits per heavy atom. The molecule has 17 heavy (non-hydrogen) atoms. The first kappa shape index (κ1) is 13.8. The van der Waals surface area contributed by atoms with Gasteiger partial charge in [0, 0.05) is 0 Å². The summed E-state index contributed by atoms with van der Waals surface area (Å²) in [4.78, 5) is 11.3. The first-order chi connectivity index (χ1) is 8.00. The van der Waals surface area contributed by atoms with Crippen molar-refractivity contribution in [1.29, 1.82) is 0 Å². The molecule has 0 aliphatic rings. The Morgan fingerprint density at radius 3 is 2.24 bits per heavy atom. The monoisotopic (exact) mass is 234 g/mol. The van der Waals surface area contributed by atoms with Crippen molar-refractivity contribution >= 4 is 5.97 Å². The molecule has 2 unspecified atom stereocenters. The van der Waals surface area contributed by atoms with E-state index in [1.807, 2.05) is 25.1 Å². The van der Waals surface area contributed by atoms with Gasteiger partial charge in [-0.25, -0.2) is 0 Å². The number of carbonyl (C=O) groups is 1. The van der Waals surface area contributed by atoms with E-state index in [2.05, 4.69) is 26.0 Å². The molecule has 0 fully saturated rings. The van der Waals surface area contributed by atoms with E-state index in [4.69, 9.17) is 0 Å². The van der Waals surface area contributed by atoms with Crippen LogP contribution < -0.4 is 0 Å². The lowest BCUT2D eigenvalue weighted by Gasteiger charge is -2.21. The normalized spacial score (nSPS) is 14.6. The highest BCUT2D eigenvalue weighted by molar-refractivity contribution is 5.70. The van der Waals surface area contributed by atoms with Gasteiger partial charge in [0.25, 0.3) is 0 Å². The Bertz CT molecular complexity index is 343. The lowest BCUT2D eigenvalue weighted by Crippen LogP contribution is -2.24. The van der Waals surface area contributed by atoms with Gasteiger partial charge in [-0.15, -0.1) is 0 Å². The van der Waals surface area contributed by atoms with Gasteiger partial charge in [-0.2, -0.15) is 0 Å². The standard InChI is InChI=1S/C15H22O2/c1-11(2)9-14(15(16)17)12(3)10-13-7-5-4-6-8-13/h4-8,11-12,14H,9-10H2,1-3H3,(H,16,17). The molecule has 0 saturated heterocycles. The van der Waals surface area contributed by atoms with E-state index in [1.54, 1.807) is 0 Å². The Kier molecular flexibility index (Phi) is 5.20. The smallest absolute Gasteiger partial charge is 0.306 e. The van der Waals surface area contributed by atoms with Crippen molar-refractivity contribution in [2.24, 2.45) is 17.8 Å². The molecule has 0 aliphatic heterocycles. The Morgan fingerprint density at radius 2 is 1.76 bits per heavy atom. The minimum Gasteiger partial charge on any atom is -0.481 e. The van der Waals surface area contributed by atoms with Gasteiger partial charge >= 0.3 is 5.97 Å². The van der Waals surface area contributed by atoms with E-state index in [1.165, 1.54) is 5.56 Å². The zero-order valence-corrected chi connectivity index (χ0v) is 10.9. The molecule has 0 spiro atoms. The SMILES string of the molecule is CC(C)CC(C(=O)O)C(C)Cc1ccccc1. The second kappa shape index (κ2) is 6.43. The molecule has 2 atom stereocenters. The fourth-order valence-electron chi connectivity index (χ4n) is 2.21. The van der Waals surface area contributed by atoms with Crippen LogP contribution in [-0.2, 0) is 11.2 Å². The van der Waals surface area contributed by atoms with Crippen molar-refractivity contribution in [2.45, 2.75) is 33.6 Å². The first-order valence-corrected chi connectivity index (χ1v) is 6.27. The maximum absolute atomic E-state index is 11.3. The van der Waals surface area contributed by atoms with Gasteiger partial charge in [-0.3, -0.25) is 4.79 Å². The molecular formula is C15H22O2. The van der Waals surface area contributed by atoms with Crippen molar-refractivity contribution < 1.29 is 9.90 Å². The summed E-state index contributed by atoms with van der Waals surface area (Å²) >= 11 is 0. The molecule has 2 heteroatoms. The molecule has 2 nitrogen and oxygen atoms in total. The van der Waals surface area contributed by atoms with Gasteiger partial charge in [0.05, 0.1) is 5.92 Å². The minimum absolute atomic E-state index is 0.178. The highest BCUT2D eigenvalue weighted by atomic mass is 16.4. The van der Waals surface area contributed by atoms with Gasteiger partial charge < -0.3 is 5.11 Å². The number of carboxylic acids is 1. The second-order valence-electron chi connectivity index (χ2n) is 5.24. The predicted molar refractivity (Wildman–Crippen MR) is 69.9 cm³/mol. The molecule has 0 aliphatic carbocycles. The summed E-state index contributed by atoms with van der Waals surface area (Å²) in [6.45, 7) is 6.19. The molecule has 1 aromatic rings. The lowest BCUT2D eigenvalue weighted by molar-refractivity contribution is -0.144. The first-order valence-electron chi connectivity index (χ1n) is 6.27. The van der Waals surface area contributed by atoms with E-state index >= 15 is 0 Å².